The molecule has 0 saturated carbocycles. The Labute approximate surface area is 211 Å². The molecule has 0 aliphatic carbocycles. The number of piperazine rings is 1. The normalized spacial score (nSPS) is 14.2. The van der Waals surface area contributed by atoms with Crippen LogP contribution in [0.3, 0.4) is 0 Å². The van der Waals surface area contributed by atoms with Gasteiger partial charge < -0.3 is 14.5 Å². The lowest BCUT2D eigenvalue weighted by Gasteiger charge is -2.37. The highest BCUT2D eigenvalue weighted by molar-refractivity contribution is 8.00. The average molecular weight is 509 g/mol. The van der Waals surface area contributed by atoms with E-state index in [4.69, 9.17) is 0 Å². The number of hydrogen-bond donors (Lipinski definition) is 1. The third-order valence-electron chi connectivity index (χ3n) is 6.12. The van der Waals surface area contributed by atoms with Gasteiger partial charge in [0.1, 0.15) is 0 Å². The van der Waals surface area contributed by atoms with E-state index in [0.29, 0.717) is 31.7 Å². The first-order chi connectivity index (χ1) is 17.4. The van der Waals surface area contributed by atoms with Gasteiger partial charge in [0.15, 0.2) is 0 Å². The largest absolute Gasteiger partial charge is 0.418 e. The van der Waals surface area contributed by atoms with E-state index in [1.54, 1.807) is 34.2 Å². The Kier molecular flexibility index (Phi) is 6.73. The van der Waals surface area contributed by atoms with Crippen molar-refractivity contribution in [3.05, 3.63) is 96.2 Å². The summed E-state index contributed by atoms with van der Waals surface area (Å²) in [6.45, 7) is 1.40. The van der Waals surface area contributed by atoms with Gasteiger partial charge in [-0.15, -0.1) is 0 Å². The van der Waals surface area contributed by atoms with E-state index in [1.165, 1.54) is 24.1 Å². The van der Waals surface area contributed by atoms with Gasteiger partial charge in [0.05, 0.1) is 16.0 Å². The second-order valence-electron chi connectivity index (χ2n) is 8.41. The molecular formula is C27H23F3N4OS. The van der Waals surface area contributed by atoms with Gasteiger partial charge in [-0.1, -0.05) is 30.3 Å². The number of fused-ring (bicyclic) bond motifs is 1. The Morgan fingerprint density at radius 3 is 2.33 bits per heavy atom. The van der Waals surface area contributed by atoms with Crippen molar-refractivity contribution >= 4 is 40.1 Å². The molecule has 1 fully saturated rings. The number of hydrogen-bond acceptors (Lipinski definition) is 5. The topological polar surface area (TPSA) is 48.5 Å². The number of para-hydroxylation sites is 2. The van der Waals surface area contributed by atoms with Crippen LogP contribution in [-0.4, -0.2) is 42.0 Å². The molecule has 0 bridgehead atoms. The predicted octanol–water partition coefficient (Wildman–Crippen LogP) is 6.34. The van der Waals surface area contributed by atoms with Gasteiger partial charge in [-0.25, -0.2) is 0 Å². The van der Waals surface area contributed by atoms with E-state index in [-0.39, 0.29) is 11.6 Å². The number of carbonyl (C=O) groups excluding carboxylic acids is 1. The SMILES string of the molecule is O=C(c1ccc(NSc2cccc3cccnc23)cc1)N1CCN(c2ccccc2C(F)(F)F)CC1. The van der Waals surface area contributed by atoms with Gasteiger partial charge in [-0.3, -0.25) is 9.78 Å². The molecule has 36 heavy (non-hydrogen) atoms. The van der Waals surface area contributed by atoms with Gasteiger partial charge in [-0.2, -0.15) is 13.2 Å². The molecule has 0 radical (unpaired) electrons. The van der Waals surface area contributed by atoms with E-state index in [2.05, 4.69) is 9.71 Å². The van der Waals surface area contributed by atoms with Crippen LogP contribution in [-0.2, 0) is 6.18 Å². The van der Waals surface area contributed by atoms with E-state index < -0.39 is 11.7 Å². The van der Waals surface area contributed by atoms with E-state index in [1.807, 2.05) is 42.5 Å². The molecule has 1 amide bonds. The summed E-state index contributed by atoms with van der Waals surface area (Å²) < 4.78 is 43.4. The molecule has 1 saturated heterocycles. The van der Waals surface area contributed by atoms with Crippen LogP contribution in [0.2, 0.25) is 0 Å². The van der Waals surface area contributed by atoms with Gasteiger partial charge in [0.25, 0.3) is 5.91 Å². The zero-order chi connectivity index (χ0) is 25.1. The van der Waals surface area contributed by atoms with Gasteiger partial charge in [-0.05, 0) is 60.5 Å². The molecule has 5 rings (SSSR count). The summed E-state index contributed by atoms with van der Waals surface area (Å²) in [4.78, 5) is 21.8. The molecule has 1 aromatic heterocycles. The fraction of sp³-hybridized carbons (Fsp3) is 0.185. The number of anilines is 2. The maximum atomic E-state index is 13.4. The summed E-state index contributed by atoms with van der Waals surface area (Å²) in [6, 6.07) is 22.7. The van der Waals surface area contributed by atoms with Crippen LogP contribution in [0.5, 0.6) is 0 Å². The molecule has 0 atom stereocenters. The van der Waals surface area contributed by atoms with Crippen molar-refractivity contribution in [3.63, 3.8) is 0 Å². The molecular weight excluding hydrogens is 485 g/mol. The van der Waals surface area contributed by atoms with Crippen molar-refractivity contribution in [1.29, 1.82) is 0 Å². The van der Waals surface area contributed by atoms with Crippen molar-refractivity contribution in [3.8, 4) is 0 Å². The monoisotopic (exact) mass is 508 g/mol. The van der Waals surface area contributed by atoms with Crippen molar-refractivity contribution in [2.45, 2.75) is 11.1 Å². The number of alkyl halides is 3. The minimum atomic E-state index is -4.41. The zero-order valence-electron chi connectivity index (χ0n) is 19.2. The number of carbonyl (C=O) groups is 1. The summed E-state index contributed by atoms with van der Waals surface area (Å²) in [5.74, 6) is -0.129. The molecule has 1 aliphatic rings. The Morgan fingerprint density at radius 2 is 1.58 bits per heavy atom. The molecule has 0 spiro atoms. The molecule has 9 heteroatoms. The molecule has 1 aliphatic heterocycles. The Hall–Kier alpha value is -3.72. The molecule has 4 aromatic rings. The number of rotatable bonds is 5. The Bertz CT molecular complexity index is 1360. The van der Waals surface area contributed by atoms with E-state index in [9.17, 15) is 18.0 Å². The van der Waals surface area contributed by atoms with Crippen molar-refractivity contribution in [1.82, 2.24) is 9.88 Å². The lowest BCUT2D eigenvalue weighted by atomic mass is 10.1. The van der Waals surface area contributed by atoms with Crippen LogP contribution in [0.4, 0.5) is 24.5 Å². The van der Waals surface area contributed by atoms with E-state index >= 15 is 0 Å². The summed E-state index contributed by atoms with van der Waals surface area (Å²) >= 11 is 1.45. The van der Waals surface area contributed by atoms with Crippen LogP contribution >= 0.6 is 11.9 Å². The fourth-order valence-electron chi connectivity index (χ4n) is 4.28. The molecule has 3 aromatic carbocycles. The summed E-state index contributed by atoms with van der Waals surface area (Å²) in [5, 5.41) is 1.06. The summed E-state index contributed by atoms with van der Waals surface area (Å²) in [5.41, 5.74) is 1.82. The highest BCUT2D eigenvalue weighted by Gasteiger charge is 2.35. The minimum absolute atomic E-state index is 0.129. The second kappa shape index (κ2) is 10.1. The number of pyridine rings is 1. The van der Waals surface area contributed by atoms with Gasteiger partial charge in [0, 0.05) is 54.7 Å². The number of nitrogens with one attached hydrogen (secondary N) is 1. The maximum absolute atomic E-state index is 13.4. The van der Waals surface area contributed by atoms with Crippen molar-refractivity contribution < 1.29 is 18.0 Å². The van der Waals surface area contributed by atoms with Crippen LogP contribution < -0.4 is 9.62 Å². The van der Waals surface area contributed by atoms with Gasteiger partial charge in [0.2, 0.25) is 0 Å². The Balaban J connectivity index is 1.20. The van der Waals surface area contributed by atoms with Crippen molar-refractivity contribution in [2.24, 2.45) is 0 Å². The molecule has 184 valence electrons. The van der Waals surface area contributed by atoms with Crippen LogP contribution in [0.1, 0.15) is 15.9 Å². The highest BCUT2D eigenvalue weighted by Crippen LogP contribution is 2.36. The quantitative estimate of drug-likeness (QED) is 0.319. The van der Waals surface area contributed by atoms with Crippen molar-refractivity contribution in [2.75, 3.05) is 35.8 Å². The van der Waals surface area contributed by atoms with Gasteiger partial charge >= 0.3 is 6.18 Å². The average Bonchev–Trinajstić information content (AvgIpc) is 2.91. The number of aromatic nitrogens is 1. The highest BCUT2D eigenvalue weighted by atomic mass is 32.2. The standard InChI is InChI=1S/C27H23F3N4OS/c28-27(29,30)22-7-1-2-8-23(22)33-15-17-34(18-16-33)26(35)20-10-12-21(13-11-20)32-36-24-9-3-5-19-6-4-14-31-25(19)24/h1-14,32H,15-18H2. The molecule has 2 heterocycles. The fourth-order valence-corrected chi connectivity index (χ4v) is 5.05. The second-order valence-corrected chi connectivity index (χ2v) is 9.25. The lowest BCUT2D eigenvalue weighted by Crippen LogP contribution is -2.49. The van der Waals surface area contributed by atoms with E-state index in [0.717, 1.165) is 27.6 Å². The smallest absolute Gasteiger partial charge is 0.367 e. The summed E-state index contributed by atoms with van der Waals surface area (Å²) in [6.07, 6.45) is -2.65. The Morgan fingerprint density at radius 1 is 0.861 bits per heavy atom. The summed E-state index contributed by atoms with van der Waals surface area (Å²) in [7, 11) is 0. The maximum Gasteiger partial charge on any atom is 0.418 e. The first kappa shape index (κ1) is 24.0. The number of benzene rings is 3. The zero-order valence-corrected chi connectivity index (χ0v) is 20.0. The third-order valence-corrected chi connectivity index (χ3v) is 7.01. The number of amides is 1. The van der Waals surface area contributed by atoms with Crippen LogP contribution in [0, 0.1) is 0 Å². The first-order valence-electron chi connectivity index (χ1n) is 11.5. The molecule has 0 unspecified atom stereocenters. The number of halogens is 3. The van der Waals surface area contributed by atoms with Crippen LogP contribution in [0.25, 0.3) is 10.9 Å². The lowest BCUT2D eigenvalue weighted by molar-refractivity contribution is -0.137. The third kappa shape index (κ3) is 5.11. The predicted molar refractivity (Wildman–Crippen MR) is 137 cm³/mol. The number of nitrogens with zero attached hydrogens (tertiary/aromatic N) is 3. The molecule has 1 N–H and O–H groups in total. The minimum Gasteiger partial charge on any atom is -0.367 e. The first-order valence-corrected chi connectivity index (χ1v) is 12.3. The molecule has 5 nitrogen and oxygen atoms in total. The van der Waals surface area contributed by atoms with Crippen LogP contribution in [0.15, 0.2) is 90.0 Å².